The third-order valence-corrected chi connectivity index (χ3v) is 5.30. The van der Waals surface area contributed by atoms with Crippen LogP contribution in [0.15, 0.2) is 27.8 Å². The zero-order chi connectivity index (χ0) is 15.1. The number of rotatable bonds is 3. The van der Waals surface area contributed by atoms with Gasteiger partial charge in [0.05, 0.1) is 6.26 Å². The van der Waals surface area contributed by atoms with Crippen LogP contribution in [-0.4, -0.2) is 47.7 Å². The Morgan fingerprint density at radius 2 is 2.41 bits per heavy atom. The molecule has 2 aromatic rings. The summed E-state index contributed by atoms with van der Waals surface area (Å²) in [6.45, 7) is 3.33. The number of nitrogens with zero attached hydrogens (tertiary/aromatic N) is 2. The number of fused-ring (bicyclic) bond motifs is 3. The summed E-state index contributed by atoms with van der Waals surface area (Å²) in [5.74, 6) is 0.663. The van der Waals surface area contributed by atoms with E-state index in [4.69, 9.17) is 4.42 Å². The van der Waals surface area contributed by atoms with Gasteiger partial charge in [0.25, 0.3) is 5.91 Å². The van der Waals surface area contributed by atoms with Gasteiger partial charge in [0.15, 0.2) is 5.58 Å². The fraction of sp³-hybridized carbons (Fsp3) is 0.500. The predicted molar refractivity (Wildman–Crippen MR) is 86.2 cm³/mol. The lowest BCUT2D eigenvalue weighted by molar-refractivity contribution is 0.0904. The minimum absolute atomic E-state index is 0.0779. The van der Waals surface area contributed by atoms with Crippen molar-refractivity contribution in [1.29, 1.82) is 0 Å². The van der Waals surface area contributed by atoms with Gasteiger partial charge >= 0.3 is 0 Å². The summed E-state index contributed by atoms with van der Waals surface area (Å²) < 4.78 is 5.44. The van der Waals surface area contributed by atoms with Crippen LogP contribution >= 0.6 is 11.8 Å². The van der Waals surface area contributed by atoms with Gasteiger partial charge in [-0.25, -0.2) is 4.98 Å². The van der Waals surface area contributed by atoms with Crippen LogP contribution in [0, 0.1) is 5.92 Å². The number of aromatic nitrogens is 1. The number of carbonyl (C=O) groups excluding carboxylic acids is 1. The van der Waals surface area contributed by atoms with Gasteiger partial charge < -0.3 is 14.6 Å². The fourth-order valence-corrected chi connectivity index (χ4v) is 4.17. The number of hydrogen-bond acceptors (Lipinski definition) is 5. The van der Waals surface area contributed by atoms with Crippen molar-refractivity contribution in [3.05, 3.63) is 24.1 Å². The molecule has 2 aromatic heterocycles. The van der Waals surface area contributed by atoms with E-state index in [9.17, 15) is 4.79 Å². The van der Waals surface area contributed by atoms with Crippen molar-refractivity contribution >= 4 is 28.6 Å². The van der Waals surface area contributed by atoms with Crippen molar-refractivity contribution in [2.24, 2.45) is 5.92 Å². The summed E-state index contributed by atoms with van der Waals surface area (Å²) in [5, 5.41) is 4.85. The third-order valence-electron chi connectivity index (χ3n) is 4.63. The molecule has 2 bridgehead atoms. The first-order chi connectivity index (χ1) is 10.7. The van der Waals surface area contributed by atoms with Crippen molar-refractivity contribution in [2.75, 3.05) is 25.9 Å². The Morgan fingerprint density at radius 1 is 1.50 bits per heavy atom. The van der Waals surface area contributed by atoms with Gasteiger partial charge in [-0.05, 0) is 43.7 Å². The Morgan fingerprint density at radius 3 is 3.23 bits per heavy atom. The average molecular weight is 317 g/mol. The summed E-state index contributed by atoms with van der Waals surface area (Å²) in [6.07, 6.45) is 5.94. The smallest absolute Gasteiger partial charge is 0.270 e. The molecule has 2 fully saturated rings. The maximum Gasteiger partial charge on any atom is 0.270 e. The number of nitrogens with one attached hydrogen (secondary N) is 1. The van der Waals surface area contributed by atoms with Crippen molar-refractivity contribution in [1.82, 2.24) is 15.2 Å². The third kappa shape index (κ3) is 2.50. The van der Waals surface area contributed by atoms with E-state index in [0.717, 1.165) is 34.9 Å². The molecular formula is C16H19N3O2S. The van der Waals surface area contributed by atoms with Crippen molar-refractivity contribution in [3.63, 3.8) is 0 Å². The molecule has 0 saturated carbocycles. The molecule has 2 saturated heterocycles. The van der Waals surface area contributed by atoms with Crippen molar-refractivity contribution in [3.8, 4) is 0 Å². The van der Waals surface area contributed by atoms with Gasteiger partial charge in [-0.15, -0.1) is 11.8 Å². The predicted octanol–water partition coefficient (Wildman–Crippen LogP) is 2.37. The maximum atomic E-state index is 12.5. The van der Waals surface area contributed by atoms with Crippen molar-refractivity contribution < 1.29 is 9.21 Å². The molecule has 0 radical (unpaired) electrons. The second kappa shape index (κ2) is 5.59. The molecule has 0 aliphatic carbocycles. The lowest BCUT2D eigenvalue weighted by Gasteiger charge is -2.30. The van der Waals surface area contributed by atoms with E-state index in [-0.39, 0.29) is 11.9 Å². The molecule has 1 N–H and O–H groups in total. The molecular weight excluding hydrogens is 298 g/mol. The molecule has 0 aromatic carbocycles. The minimum Gasteiger partial charge on any atom is -0.461 e. The molecule has 116 valence electrons. The molecule has 6 heteroatoms. The molecule has 0 spiro atoms. The summed E-state index contributed by atoms with van der Waals surface area (Å²) in [7, 11) is 0. The highest BCUT2D eigenvalue weighted by atomic mass is 32.2. The maximum absolute atomic E-state index is 12.5. The molecule has 2 aliphatic heterocycles. The van der Waals surface area contributed by atoms with Crippen LogP contribution in [0.3, 0.4) is 0 Å². The monoisotopic (exact) mass is 317 g/mol. The first-order valence-electron chi connectivity index (χ1n) is 7.68. The van der Waals surface area contributed by atoms with Gasteiger partial charge in [0.1, 0.15) is 10.7 Å². The van der Waals surface area contributed by atoms with Crippen LogP contribution in [0.4, 0.5) is 0 Å². The topological polar surface area (TPSA) is 58.4 Å². The van der Waals surface area contributed by atoms with Crippen LogP contribution in [0.1, 0.15) is 23.3 Å². The zero-order valence-electron chi connectivity index (χ0n) is 12.5. The lowest BCUT2D eigenvalue weighted by atomic mass is 9.97. The standard InChI is InChI=1S/C16H19N3O2S/c1-22-16-14-11(3-5-21-14)7-13(18-16)15(20)17-12-6-10-2-4-19(8-10)9-12/h3,5,7,10,12H,2,4,6,8-9H2,1H3,(H,17,20)/t10-,12+/m0/s1. The van der Waals surface area contributed by atoms with E-state index in [2.05, 4.69) is 15.2 Å². The summed E-state index contributed by atoms with van der Waals surface area (Å²) in [5.41, 5.74) is 1.23. The highest BCUT2D eigenvalue weighted by Gasteiger charge is 2.33. The highest BCUT2D eigenvalue weighted by Crippen LogP contribution is 2.28. The van der Waals surface area contributed by atoms with Crippen LogP contribution in [0.5, 0.6) is 0 Å². The van der Waals surface area contributed by atoms with Gasteiger partial charge in [-0.3, -0.25) is 4.79 Å². The van der Waals surface area contributed by atoms with E-state index in [0.29, 0.717) is 5.69 Å². The van der Waals surface area contributed by atoms with Crippen LogP contribution in [0.25, 0.3) is 11.0 Å². The Bertz CT molecular complexity index is 702. The molecule has 1 unspecified atom stereocenters. The highest BCUT2D eigenvalue weighted by molar-refractivity contribution is 7.98. The van der Waals surface area contributed by atoms with E-state index < -0.39 is 0 Å². The van der Waals surface area contributed by atoms with Gasteiger partial charge in [0, 0.05) is 24.5 Å². The Hall–Kier alpha value is -1.53. The second-order valence-corrected chi connectivity index (χ2v) is 6.97. The summed E-state index contributed by atoms with van der Waals surface area (Å²) in [6, 6.07) is 3.93. The lowest BCUT2D eigenvalue weighted by Crippen LogP contribution is -2.47. The van der Waals surface area contributed by atoms with Gasteiger partial charge in [-0.1, -0.05) is 0 Å². The molecule has 4 rings (SSSR count). The molecule has 3 atom stereocenters. The molecule has 4 heterocycles. The van der Waals surface area contributed by atoms with Crippen molar-refractivity contribution in [2.45, 2.75) is 23.9 Å². The van der Waals surface area contributed by atoms with E-state index in [1.807, 2.05) is 18.4 Å². The number of thioether (sulfide) groups is 1. The zero-order valence-corrected chi connectivity index (χ0v) is 13.4. The fourth-order valence-electron chi connectivity index (χ4n) is 3.62. The molecule has 1 amide bonds. The van der Waals surface area contributed by atoms with Crippen LogP contribution in [0.2, 0.25) is 0 Å². The van der Waals surface area contributed by atoms with E-state index in [1.165, 1.54) is 31.3 Å². The van der Waals surface area contributed by atoms with Gasteiger partial charge in [0.2, 0.25) is 0 Å². The van der Waals surface area contributed by atoms with E-state index >= 15 is 0 Å². The van der Waals surface area contributed by atoms with Crippen LogP contribution < -0.4 is 5.32 Å². The minimum atomic E-state index is -0.0779. The molecule has 2 aliphatic rings. The van der Waals surface area contributed by atoms with Crippen LogP contribution in [-0.2, 0) is 0 Å². The Labute approximate surface area is 133 Å². The normalized spacial score (nSPS) is 27.2. The number of piperidine rings is 1. The first kappa shape index (κ1) is 14.1. The van der Waals surface area contributed by atoms with E-state index in [1.54, 1.807) is 6.26 Å². The number of carbonyl (C=O) groups is 1. The largest absolute Gasteiger partial charge is 0.461 e. The number of pyridine rings is 1. The Kier molecular flexibility index (Phi) is 3.58. The SMILES string of the molecule is CSc1nc(C(=O)N[C@@H]2C[C@@H]3CCN(C3)C2)cc2ccoc12. The average Bonchev–Trinajstić information content (AvgIpc) is 3.12. The molecule has 22 heavy (non-hydrogen) atoms. The quantitative estimate of drug-likeness (QED) is 0.881. The number of furan rings is 1. The number of hydrogen-bond donors (Lipinski definition) is 1. The summed E-state index contributed by atoms with van der Waals surface area (Å²) in [4.78, 5) is 19.4. The Balaban J connectivity index is 1.55. The first-order valence-corrected chi connectivity index (χ1v) is 8.91. The molecule has 5 nitrogen and oxygen atoms in total. The second-order valence-electron chi connectivity index (χ2n) is 6.18. The summed E-state index contributed by atoms with van der Waals surface area (Å²) >= 11 is 1.50. The van der Waals surface area contributed by atoms with Gasteiger partial charge in [-0.2, -0.15) is 0 Å². The number of amides is 1.